The van der Waals surface area contributed by atoms with Crippen molar-refractivity contribution in [2.75, 3.05) is 11.6 Å². The molecular weight excluding hydrogens is 632 g/mol. The fraction of sp³-hybridized carbons (Fsp3) is 0.120. The molecule has 0 spiro atoms. The Kier molecular flexibility index (Phi) is 7.75. The Morgan fingerprint density at radius 2 is 1.71 bits per heavy atom. The highest BCUT2D eigenvalue weighted by molar-refractivity contribution is 9.11. The summed E-state index contributed by atoms with van der Waals surface area (Å²) in [5, 5.41) is 1.24. The van der Waals surface area contributed by atoms with E-state index in [1.165, 1.54) is 5.01 Å². The van der Waals surface area contributed by atoms with Gasteiger partial charge >= 0.3 is 0 Å². The number of rotatable bonds is 7. The van der Waals surface area contributed by atoms with Crippen molar-refractivity contribution in [3.05, 3.63) is 90.8 Å². The van der Waals surface area contributed by atoms with Crippen molar-refractivity contribution in [2.24, 2.45) is 0 Å². The molecule has 1 aliphatic heterocycles. The van der Waals surface area contributed by atoms with Crippen molar-refractivity contribution < 1.29 is 19.1 Å². The Balaban J connectivity index is 1.61. The zero-order valence-corrected chi connectivity index (χ0v) is 22.7. The lowest BCUT2D eigenvalue weighted by atomic mass is 10.1. The molecule has 4 rings (SSSR count). The highest BCUT2D eigenvalue weighted by atomic mass is 79.9. The minimum Gasteiger partial charge on any atom is -0.490 e. The lowest BCUT2D eigenvalue weighted by molar-refractivity contribution is -0.117. The van der Waals surface area contributed by atoms with Gasteiger partial charge in [-0.3, -0.25) is 15.0 Å². The molecule has 9 heteroatoms. The second kappa shape index (κ2) is 10.8. The molecule has 1 aliphatic rings. The molecule has 0 radical (unpaired) electrons. The minimum atomic E-state index is -0.469. The summed E-state index contributed by atoms with van der Waals surface area (Å²) >= 11 is 10.5. The van der Waals surface area contributed by atoms with E-state index in [0.717, 1.165) is 14.5 Å². The number of hydrogen-bond donors (Lipinski definition) is 1. The highest BCUT2D eigenvalue weighted by Gasteiger charge is 2.34. The van der Waals surface area contributed by atoms with Gasteiger partial charge in [-0.05, 0) is 70.9 Å². The van der Waals surface area contributed by atoms with Gasteiger partial charge in [0.2, 0.25) is 0 Å². The predicted molar refractivity (Wildman–Crippen MR) is 142 cm³/mol. The summed E-state index contributed by atoms with van der Waals surface area (Å²) in [6.07, 6.45) is 1.54. The summed E-state index contributed by atoms with van der Waals surface area (Å²) < 4.78 is 14.4. The average molecular weight is 651 g/mol. The summed E-state index contributed by atoms with van der Waals surface area (Å²) in [6.45, 7) is 2.62. The molecule has 34 heavy (non-hydrogen) atoms. The summed E-state index contributed by atoms with van der Waals surface area (Å²) in [7, 11) is 0. The number of carbonyl (C=O) groups is 2. The van der Waals surface area contributed by atoms with Crippen molar-refractivity contribution in [3.63, 3.8) is 0 Å². The van der Waals surface area contributed by atoms with Gasteiger partial charge in [0.25, 0.3) is 11.8 Å². The van der Waals surface area contributed by atoms with Crippen LogP contribution in [0.5, 0.6) is 11.5 Å². The Labute approximate surface area is 222 Å². The maximum atomic E-state index is 12.9. The molecule has 3 aromatic rings. The highest BCUT2D eigenvalue weighted by Crippen LogP contribution is 2.39. The maximum absolute atomic E-state index is 12.9. The lowest BCUT2D eigenvalue weighted by Gasteiger charge is -2.15. The molecule has 0 aliphatic carbocycles. The van der Waals surface area contributed by atoms with Crippen LogP contribution in [0.25, 0.3) is 6.08 Å². The molecule has 1 N–H and O–H groups in total. The van der Waals surface area contributed by atoms with Gasteiger partial charge in [-0.25, -0.2) is 5.01 Å². The fourth-order valence-corrected chi connectivity index (χ4v) is 5.08. The van der Waals surface area contributed by atoms with Gasteiger partial charge in [0, 0.05) is 14.5 Å². The second-order valence-corrected chi connectivity index (χ2v) is 9.89. The van der Waals surface area contributed by atoms with E-state index in [9.17, 15) is 9.59 Å². The summed E-state index contributed by atoms with van der Waals surface area (Å²) in [4.78, 5) is 25.4. The Hall–Kier alpha value is -2.62. The van der Waals surface area contributed by atoms with Crippen LogP contribution in [0.2, 0.25) is 0 Å². The van der Waals surface area contributed by atoms with Gasteiger partial charge in [-0.1, -0.05) is 56.1 Å². The quantitative estimate of drug-likeness (QED) is 0.237. The number of benzene rings is 3. The number of amides is 2. The molecule has 6 nitrogen and oxygen atoms in total. The Bertz CT molecular complexity index is 1280. The molecule has 1 heterocycles. The smallest absolute Gasteiger partial charge is 0.282 e. The second-order valence-electron chi connectivity index (χ2n) is 7.26. The standard InChI is InChI=1S/C25H19Br3N2O4/c1-2-33-22-12-15(10-19-24(31)29-30(25(19)32)18-6-4-3-5-7-18)11-21(28)23(22)34-14-16-8-9-17(26)13-20(16)27/h3-13H,2,14H2,1H3,(H,29,31)/b19-10-. The summed E-state index contributed by atoms with van der Waals surface area (Å²) in [5.41, 5.74) is 4.82. The zero-order valence-electron chi connectivity index (χ0n) is 18.0. The number of hydrogen-bond acceptors (Lipinski definition) is 4. The first kappa shape index (κ1) is 24.5. The van der Waals surface area contributed by atoms with Crippen LogP contribution >= 0.6 is 47.8 Å². The van der Waals surface area contributed by atoms with Crippen molar-refractivity contribution in [2.45, 2.75) is 13.5 Å². The van der Waals surface area contributed by atoms with Gasteiger partial charge in [0.05, 0.1) is 16.8 Å². The monoisotopic (exact) mass is 648 g/mol. The normalized spacial score (nSPS) is 14.5. The van der Waals surface area contributed by atoms with Crippen LogP contribution in [-0.4, -0.2) is 18.4 Å². The largest absolute Gasteiger partial charge is 0.490 e. The van der Waals surface area contributed by atoms with E-state index in [2.05, 4.69) is 53.2 Å². The zero-order chi connectivity index (χ0) is 24.2. The first-order chi connectivity index (χ1) is 16.4. The molecule has 0 atom stereocenters. The molecule has 1 saturated heterocycles. The maximum Gasteiger partial charge on any atom is 0.282 e. The Morgan fingerprint density at radius 3 is 2.41 bits per heavy atom. The van der Waals surface area contributed by atoms with E-state index < -0.39 is 11.8 Å². The first-order valence-corrected chi connectivity index (χ1v) is 12.7. The van der Waals surface area contributed by atoms with E-state index >= 15 is 0 Å². The molecular formula is C25H19Br3N2O4. The van der Waals surface area contributed by atoms with E-state index in [4.69, 9.17) is 9.47 Å². The third kappa shape index (κ3) is 5.37. The van der Waals surface area contributed by atoms with E-state index in [1.807, 2.05) is 31.2 Å². The SMILES string of the molecule is CCOc1cc(/C=C2/C(=O)NN(c3ccccc3)C2=O)cc(Br)c1OCc1ccc(Br)cc1Br. The molecule has 174 valence electrons. The van der Waals surface area contributed by atoms with Crippen molar-refractivity contribution in [3.8, 4) is 11.5 Å². The minimum absolute atomic E-state index is 0.0330. The lowest BCUT2D eigenvalue weighted by Crippen LogP contribution is -2.35. The number of nitrogens with one attached hydrogen (secondary N) is 1. The first-order valence-electron chi connectivity index (χ1n) is 10.3. The third-order valence-corrected chi connectivity index (χ3v) is 6.76. The van der Waals surface area contributed by atoms with Crippen molar-refractivity contribution in [1.29, 1.82) is 0 Å². The van der Waals surface area contributed by atoms with Crippen LogP contribution in [0.15, 0.2) is 79.7 Å². The van der Waals surface area contributed by atoms with Crippen LogP contribution in [0, 0.1) is 0 Å². The third-order valence-electron chi connectivity index (χ3n) is 4.94. The fourth-order valence-electron chi connectivity index (χ4n) is 3.35. The van der Waals surface area contributed by atoms with Gasteiger partial charge in [-0.15, -0.1) is 0 Å². The molecule has 3 aromatic carbocycles. The van der Waals surface area contributed by atoms with Crippen molar-refractivity contribution >= 4 is 71.4 Å². The van der Waals surface area contributed by atoms with Crippen LogP contribution in [0.1, 0.15) is 18.1 Å². The van der Waals surface area contributed by atoms with Crippen molar-refractivity contribution in [1.82, 2.24) is 5.43 Å². The van der Waals surface area contributed by atoms with Gasteiger partial charge in [-0.2, -0.15) is 0 Å². The van der Waals surface area contributed by atoms with Crippen LogP contribution in [0.3, 0.4) is 0 Å². The predicted octanol–water partition coefficient (Wildman–Crippen LogP) is 6.41. The molecule has 1 fully saturated rings. The van der Waals surface area contributed by atoms with Crippen LogP contribution < -0.4 is 19.9 Å². The molecule has 0 unspecified atom stereocenters. The number of hydrazine groups is 1. The van der Waals surface area contributed by atoms with E-state index in [0.29, 0.717) is 40.4 Å². The van der Waals surface area contributed by atoms with E-state index in [1.54, 1.807) is 42.5 Å². The number of ether oxygens (including phenoxy) is 2. The van der Waals surface area contributed by atoms with Gasteiger partial charge in [0.1, 0.15) is 12.2 Å². The topological polar surface area (TPSA) is 67.9 Å². The number of para-hydroxylation sites is 1. The average Bonchev–Trinajstić information content (AvgIpc) is 3.09. The molecule has 0 bridgehead atoms. The summed E-state index contributed by atoms with van der Waals surface area (Å²) in [6, 6.07) is 18.3. The van der Waals surface area contributed by atoms with E-state index in [-0.39, 0.29) is 5.57 Å². The Morgan fingerprint density at radius 1 is 0.941 bits per heavy atom. The molecule has 0 aromatic heterocycles. The van der Waals surface area contributed by atoms with Gasteiger partial charge < -0.3 is 9.47 Å². The summed E-state index contributed by atoms with van der Waals surface area (Å²) in [5.74, 6) is 0.142. The van der Waals surface area contributed by atoms with Gasteiger partial charge in [0.15, 0.2) is 11.5 Å². The number of anilines is 1. The molecule has 2 amide bonds. The number of halogens is 3. The van der Waals surface area contributed by atoms with Crippen LogP contribution in [0.4, 0.5) is 5.69 Å². The number of nitrogens with zero attached hydrogens (tertiary/aromatic N) is 1. The number of carbonyl (C=O) groups excluding carboxylic acids is 2. The van der Waals surface area contributed by atoms with Crippen LogP contribution in [-0.2, 0) is 16.2 Å². The molecule has 0 saturated carbocycles.